The van der Waals surface area contributed by atoms with Crippen LogP contribution in [0, 0.1) is 0 Å². The highest BCUT2D eigenvalue weighted by Crippen LogP contribution is 2.45. The van der Waals surface area contributed by atoms with Gasteiger partial charge in [-0.05, 0) is 75.9 Å². The smallest absolute Gasteiger partial charge is 0.260 e. The van der Waals surface area contributed by atoms with E-state index in [4.69, 9.17) is 0 Å². The number of phenolic OH excluding ortho intramolecular Hbond substituents is 1. The average Bonchev–Trinajstić information content (AvgIpc) is 2.44. The Morgan fingerprint density at radius 1 is 0.900 bits per heavy atom. The van der Waals surface area contributed by atoms with Crippen LogP contribution < -0.4 is 5.32 Å². The van der Waals surface area contributed by atoms with Gasteiger partial charge in [0.25, 0.3) is 5.91 Å². The lowest BCUT2D eigenvalue weighted by molar-refractivity contribution is 0.102. The number of para-hydroxylation sites is 1. The summed E-state index contributed by atoms with van der Waals surface area (Å²) in [5.74, 6) is -0.546. The molecule has 7 heteroatoms. The predicted molar refractivity (Wildman–Crippen MR) is 93.3 cm³/mol. The summed E-state index contributed by atoms with van der Waals surface area (Å²) in [7, 11) is 0. The number of hydrogen-bond acceptors (Lipinski definition) is 2. The molecule has 0 saturated carbocycles. The van der Waals surface area contributed by atoms with Crippen molar-refractivity contribution in [2.45, 2.75) is 0 Å². The van der Waals surface area contributed by atoms with E-state index in [0.717, 1.165) is 0 Å². The van der Waals surface area contributed by atoms with E-state index >= 15 is 0 Å². The number of benzene rings is 2. The van der Waals surface area contributed by atoms with E-state index < -0.39 is 5.91 Å². The van der Waals surface area contributed by atoms with Crippen molar-refractivity contribution in [3.63, 3.8) is 0 Å². The molecule has 0 aliphatic carbocycles. The van der Waals surface area contributed by atoms with E-state index in [2.05, 4.69) is 69.0 Å². The van der Waals surface area contributed by atoms with Crippen LogP contribution in [0.25, 0.3) is 0 Å². The number of rotatable bonds is 2. The van der Waals surface area contributed by atoms with Crippen LogP contribution >= 0.6 is 63.7 Å². The average molecular weight is 529 g/mol. The minimum atomic E-state index is -0.408. The molecule has 0 unspecified atom stereocenters. The monoisotopic (exact) mass is 525 g/mol. The van der Waals surface area contributed by atoms with Gasteiger partial charge in [-0.2, -0.15) is 0 Å². The van der Waals surface area contributed by atoms with Gasteiger partial charge in [-0.25, -0.2) is 0 Å². The van der Waals surface area contributed by atoms with Crippen molar-refractivity contribution in [2.75, 3.05) is 5.32 Å². The molecule has 0 saturated heterocycles. The van der Waals surface area contributed by atoms with Gasteiger partial charge in [0.2, 0.25) is 0 Å². The quantitative estimate of drug-likeness (QED) is 0.388. The molecule has 3 nitrogen and oxygen atoms in total. The highest BCUT2D eigenvalue weighted by Gasteiger charge is 2.23. The molecule has 2 aromatic carbocycles. The lowest BCUT2D eigenvalue weighted by atomic mass is 10.2. The van der Waals surface area contributed by atoms with Crippen LogP contribution in [0.1, 0.15) is 10.4 Å². The second-order valence-corrected chi connectivity index (χ2v) is 6.97. The van der Waals surface area contributed by atoms with Crippen molar-refractivity contribution >= 4 is 75.3 Å². The largest absolute Gasteiger partial charge is 0.506 e. The molecule has 0 aromatic heterocycles. The van der Waals surface area contributed by atoms with E-state index in [1.54, 1.807) is 12.1 Å². The molecule has 0 spiro atoms. The number of phenols is 1. The second kappa shape index (κ2) is 6.60. The van der Waals surface area contributed by atoms with Crippen LogP contribution in [0.4, 0.5) is 5.69 Å². The Balaban J connectivity index is 2.45. The Morgan fingerprint density at radius 3 is 2.05 bits per heavy atom. The molecule has 0 atom stereocenters. The number of hydrogen-bond donors (Lipinski definition) is 2. The first-order chi connectivity index (χ1) is 9.43. The van der Waals surface area contributed by atoms with Crippen molar-refractivity contribution in [3.05, 3.63) is 53.8 Å². The normalized spacial score (nSPS) is 10.4. The van der Waals surface area contributed by atoms with Crippen LogP contribution in [0.15, 0.2) is 48.2 Å². The fraction of sp³-hybridized carbons (Fsp3) is 0. The zero-order valence-corrected chi connectivity index (χ0v) is 16.1. The number of anilines is 1. The van der Waals surface area contributed by atoms with Crippen molar-refractivity contribution < 1.29 is 9.90 Å². The lowest BCUT2D eigenvalue weighted by Gasteiger charge is -2.13. The van der Waals surface area contributed by atoms with Gasteiger partial charge >= 0.3 is 0 Å². The molecule has 0 aliphatic rings. The van der Waals surface area contributed by atoms with Crippen LogP contribution in [0.3, 0.4) is 0 Å². The van der Waals surface area contributed by atoms with Crippen LogP contribution in [0.2, 0.25) is 0 Å². The number of halogens is 4. The molecule has 20 heavy (non-hydrogen) atoms. The van der Waals surface area contributed by atoms with E-state index in [-0.39, 0.29) is 11.3 Å². The highest BCUT2D eigenvalue weighted by molar-refractivity contribution is 9.15. The standard InChI is InChI=1S/C13H7Br4NO2/c14-8-7(12(19)11(17)10(16)9(8)15)13(20)18-6-4-2-1-3-5-6/h1-5,19H,(H,18,20). The maximum absolute atomic E-state index is 12.3. The second-order valence-electron chi connectivity index (χ2n) is 3.80. The van der Waals surface area contributed by atoms with Gasteiger partial charge in [0.1, 0.15) is 5.75 Å². The third-order valence-corrected chi connectivity index (χ3v) is 7.25. The Kier molecular flexibility index (Phi) is 5.28. The predicted octanol–water partition coefficient (Wildman–Crippen LogP) is 5.69. The van der Waals surface area contributed by atoms with E-state index in [1.165, 1.54) is 0 Å². The molecule has 0 aliphatic heterocycles. The van der Waals surface area contributed by atoms with Crippen molar-refractivity contribution in [3.8, 4) is 5.75 Å². The summed E-state index contributed by atoms with van der Waals surface area (Å²) in [5, 5.41) is 12.9. The lowest BCUT2D eigenvalue weighted by Crippen LogP contribution is -2.13. The van der Waals surface area contributed by atoms with E-state index in [9.17, 15) is 9.90 Å². The van der Waals surface area contributed by atoms with Crippen LogP contribution in [-0.2, 0) is 0 Å². The Hall–Kier alpha value is -0.370. The first kappa shape index (κ1) is 16.0. The van der Waals surface area contributed by atoms with E-state index in [0.29, 0.717) is 23.6 Å². The van der Waals surface area contributed by atoms with Crippen molar-refractivity contribution in [1.29, 1.82) is 0 Å². The summed E-state index contributed by atoms with van der Waals surface area (Å²) in [6.45, 7) is 0. The molecular weight excluding hydrogens is 522 g/mol. The van der Waals surface area contributed by atoms with E-state index in [1.807, 2.05) is 18.2 Å². The van der Waals surface area contributed by atoms with Gasteiger partial charge in [-0.1, -0.05) is 18.2 Å². The topological polar surface area (TPSA) is 49.3 Å². The molecule has 0 radical (unpaired) electrons. The summed E-state index contributed by atoms with van der Waals surface area (Å²) < 4.78 is 2.14. The minimum Gasteiger partial charge on any atom is -0.506 e. The fourth-order valence-electron chi connectivity index (χ4n) is 1.54. The SMILES string of the molecule is O=C(Nc1ccccc1)c1c(O)c(Br)c(Br)c(Br)c1Br. The fourth-order valence-corrected chi connectivity index (χ4v) is 3.82. The van der Waals surface area contributed by atoms with Crippen LogP contribution in [-0.4, -0.2) is 11.0 Å². The third kappa shape index (κ3) is 3.10. The van der Waals surface area contributed by atoms with Crippen molar-refractivity contribution in [2.24, 2.45) is 0 Å². The van der Waals surface area contributed by atoms with Gasteiger partial charge in [0, 0.05) is 14.6 Å². The molecule has 2 rings (SSSR count). The molecule has 0 fully saturated rings. The molecule has 2 aromatic rings. The minimum absolute atomic E-state index is 0.139. The van der Waals surface area contributed by atoms with Gasteiger partial charge in [-0.15, -0.1) is 0 Å². The van der Waals surface area contributed by atoms with Gasteiger partial charge in [0.15, 0.2) is 0 Å². The summed E-state index contributed by atoms with van der Waals surface area (Å²) >= 11 is 13.2. The zero-order valence-electron chi connectivity index (χ0n) is 9.75. The number of aromatic hydroxyl groups is 1. The maximum Gasteiger partial charge on any atom is 0.260 e. The Bertz CT molecular complexity index is 645. The first-order valence-electron chi connectivity index (χ1n) is 5.34. The Morgan fingerprint density at radius 2 is 1.45 bits per heavy atom. The molecular formula is C13H7Br4NO2. The molecule has 104 valence electrons. The first-order valence-corrected chi connectivity index (χ1v) is 8.52. The summed E-state index contributed by atoms with van der Waals surface area (Å²) in [6.07, 6.45) is 0. The number of carbonyl (C=O) groups excluding carboxylic acids is 1. The summed E-state index contributed by atoms with van der Waals surface area (Å²) in [5.41, 5.74) is 0.801. The zero-order chi connectivity index (χ0) is 14.9. The van der Waals surface area contributed by atoms with Gasteiger partial charge in [0.05, 0.1) is 14.5 Å². The molecule has 2 N–H and O–H groups in total. The molecule has 1 amide bonds. The highest BCUT2D eigenvalue weighted by atomic mass is 79.9. The van der Waals surface area contributed by atoms with Gasteiger partial charge in [-0.3, -0.25) is 4.79 Å². The number of carbonyl (C=O) groups is 1. The third-order valence-electron chi connectivity index (χ3n) is 2.50. The molecule has 0 bridgehead atoms. The summed E-state index contributed by atoms with van der Waals surface area (Å²) in [6, 6.07) is 9.03. The Labute approximate surface area is 149 Å². The van der Waals surface area contributed by atoms with Crippen molar-refractivity contribution in [1.82, 2.24) is 0 Å². The van der Waals surface area contributed by atoms with Crippen LogP contribution in [0.5, 0.6) is 5.75 Å². The maximum atomic E-state index is 12.3. The van der Waals surface area contributed by atoms with Gasteiger partial charge < -0.3 is 10.4 Å². The number of nitrogens with one attached hydrogen (secondary N) is 1. The molecule has 0 heterocycles. The number of amides is 1. The summed E-state index contributed by atoms with van der Waals surface area (Å²) in [4.78, 5) is 12.3.